The van der Waals surface area contributed by atoms with Crippen molar-refractivity contribution < 1.29 is 5.11 Å². The molecule has 0 spiro atoms. The molecule has 2 aliphatic rings. The zero-order chi connectivity index (χ0) is 14.7. The summed E-state index contributed by atoms with van der Waals surface area (Å²) in [7, 11) is 0. The first kappa shape index (κ1) is 15.0. The van der Waals surface area contributed by atoms with Gasteiger partial charge in [0, 0.05) is 25.7 Å². The van der Waals surface area contributed by atoms with Crippen molar-refractivity contribution in [2.24, 2.45) is 5.73 Å². The van der Waals surface area contributed by atoms with E-state index in [0.717, 1.165) is 30.8 Å². The van der Waals surface area contributed by atoms with Gasteiger partial charge in [-0.25, -0.2) is 0 Å². The van der Waals surface area contributed by atoms with E-state index < -0.39 is 6.10 Å². The van der Waals surface area contributed by atoms with Crippen LogP contribution in [0.5, 0.6) is 0 Å². The standard InChI is InChI=1S/C17H27N3O/c18-11-14-3-5-15(6-4-14)17(21)13-19-10-7-16(12-19)20-8-1-2-9-20/h3-6,16-17,21H,1-2,7-13,18H2. The highest BCUT2D eigenvalue weighted by atomic mass is 16.3. The smallest absolute Gasteiger partial charge is 0.0916 e. The number of β-amino-alcohol motifs (C(OH)–C–C–N with tert-alkyl or cyclic N) is 1. The first-order valence-corrected chi connectivity index (χ1v) is 8.19. The fourth-order valence-electron chi connectivity index (χ4n) is 3.61. The summed E-state index contributed by atoms with van der Waals surface area (Å²) in [6.07, 6.45) is 3.56. The third kappa shape index (κ3) is 3.64. The second-order valence-electron chi connectivity index (χ2n) is 6.41. The molecule has 0 saturated carbocycles. The predicted molar refractivity (Wildman–Crippen MR) is 84.9 cm³/mol. The van der Waals surface area contributed by atoms with E-state index in [0.29, 0.717) is 12.6 Å². The Morgan fingerprint density at radius 1 is 1.14 bits per heavy atom. The lowest BCUT2D eigenvalue weighted by atomic mass is 10.1. The molecule has 2 fully saturated rings. The van der Waals surface area contributed by atoms with Gasteiger partial charge in [-0.3, -0.25) is 9.80 Å². The molecule has 0 radical (unpaired) electrons. The molecule has 4 nitrogen and oxygen atoms in total. The molecule has 2 atom stereocenters. The zero-order valence-electron chi connectivity index (χ0n) is 12.7. The zero-order valence-corrected chi connectivity index (χ0v) is 12.7. The summed E-state index contributed by atoms with van der Waals surface area (Å²) in [5, 5.41) is 10.4. The molecule has 3 N–H and O–H groups in total. The van der Waals surface area contributed by atoms with Crippen molar-refractivity contribution in [2.45, 2.75) is 38.0 Å². The van der Waals surface area contributed by atoms with E-state index in [1.54, 1.807) is 0 Å². The summed E-state index contributed by atoms with van der Waals surface area (Å²) in [6.45, 7) is 6.05. The lowest BCUT2D eigenvalue weighted by molar-refractivity contribution is 0.120. The van der Waals surface area contributed by atoms with Gasteiger partial charge in [0.25, 0.3) is 0 Å². The van der Waals surface area contributed by atoms with E-state index in [1.807, 2.05) is 24.3 Å². The Bertz CT molecular complexity index is 442. The molecule has 3 rings (SSSR count). The Morgan fingerprint density at radius 2 is 1.86 bits per heavy atom. The Labute approximate surface area is 127 Å². The van der Waals surface area contributed by atoms with E-state index >= 15 is 0 Å². The number of aliphatic hydroxyl groups excluding tert-OH is 1. The van der Waals surface area contributed by atoms with Crippen molar-refractivity contribution in [2.75, 3.05) is 32.7 Å². The monoisotopic (exact) mass is 289 g/mol. The topological polar surface area (TPSA) is 52.7 Å². The minimum atomic E-state index is -0.394. The summed E-state index contributed by atoms with van der Waals surface area (Å²) in [5.74, 6) is 0. The van der Waals surface area contributed by atoms with Crippen LogP contribution in [0.4, 0.5) is 0 Å². The average molecular weight is 289 g/mol. The molecule has 4 heteroatoms. The normalized spacial score (nSPS) is 25.5. The van der Waals surface area contributed by atoms with Gasteiger partial charge >= 0.3 is 0 Å². The molecule has 116 valence electrons. The van der Waals surface area contributed by atoms with Crippen molar-refractivity contribution >= 4 is 0 Å². The molecule has 0 amide bonds. The highest BCUT2D eigenvalue weighted by Crippen LogP contribution is 2.23. The molecule has 0 bridgehead atoms. The van der Waals surface area contributed by atoms with Crippen LogP contribution in [-0.4, -0.2) is 53.7 Å². The number of nitrogens with two attached hydrogens (primary N) is 1. The largest absolute Gasteiger partial charge is 0.387 e. The molecule has 21 heavy (non-hydrogen) atoms. The lowest BCUT2D eigenvalue weighted by Crippen LogP contribution is -2.36. The van der Waals surface area contributed by atoms with Crippen LogP contribution >= 0.6 is 0 Å². The molecule has 2 aliphatic heterocycles. The number of hydrogen-bond donors (Lipinski definition) is 2. The van der Waals surface area contributed by atoms with Gasteiger partial charge in [0.2, 0.25) is 0 Å². The van der Waals surface area contributed by atoms with E-state index in [4.69, 9.17) is 5.73 Å². The van der Waals surface area contributed by atoms with Gasteiger partial charge in [0.05, 0.1) is 6.10 Å². The van der Waals surface area contributed by atoms with E-state index in [1.165, 1.54) is 32.4 Å². The Morgan fingerprint density at radius 3 is 2.52 bits per heavy atom. The summed E-state index contributed by atoms with van der Waals surface area (Å²) >= 11 is 0. The third-order valence-corrected chi connectivity index (χ3v) is 4.94. The van der Waals surface area contributed by atoms with Crippen LogP contribution in [-0.2, 0) is 6.54 Å². The fraction of sp³-hybridized carbons (Fsp3) is 0.647. The molecule has 2 heterocycles. The molecule has 1 aromatic rings. The summed E-state index contributed by atoms with van der Waals surface area (Å²) in [5.41, 5.74) is 7.72. The van der Waals surface area contributed by atoms with Crippen molar-refractivity contribution in [3.05, 3.63) is 35.4 Å². The van der Waals surface area contributed by atoms with Crippen LogP contribution in [0.25, 0.3) is 0 Å². The van der Waals surface area contributed by atoms with Crippen molar-refractivity contribution in [3.63, 3.8) is 0 Å². The Kier molecular flexibility index (Phi) is 4.91. The summed E-state index contributed by atoms with van der Waals surface area (Å²) in [4.78, 5) is 5.03. The number of aliphatic hydroxyl groups is 1. The molecule has 0 aliphatic carbocycles. The third-order valence-electron chi connectivity index (χ3n) is 4.94. The first-order chi connectivity index (χ1) is 10.3. The minimum Gasteiger partial charge on any atom is -0.387 e. The Balaban J connectivity index is 1.51. The second-order valence-corrected chi connectivity index (χ2v) is 6.41. The minimum absolute atomic E-state index is 0.394. The lowest BCUT2D eigenvalue weighted by Gasteiger charge is -2.24. The van der Waals surface area contributed by atoms with Crippen molar-refractivity contribution in [3.8, 4) is 0 Å². The highest BCUT2D eigenvalue weighted by molar-refractivity contribution is 5.24. The maximum absolute atomic E-state index is 10.4. The van der Waals surface area contributed by atoms with Crippen LogP contribution in [0.2, 0.25) is 0 Å². The molecular formula is C17H27N3O. The van der Waals surface area contributed by atoms with Gasteiger partial charge in [-0.15, -0.1) is 0 Å². The maximum Gasteiger partial charge on any atom is 0.0916 e. The van der Waals surface area contributed by atoms with Crippen LogP contribution in [0, 0.1) is 0 Å². The summed E-state index contributed by atoms with van der Waals surface area (Å²) in [6, 6.07) is 8.73. The maximum atomic E-state index is 10.4. The van der Waals surface area contributed by atoms with Gasteiger partial charge < -0.3 is 10.8 Å². The van der Waals surface area contributed by atoms with Crippen LogP contribution in [0.15, 0.2) is 24.3 Å². The predicted octanol–water partition coefficient (Wildman–Crippen LogP) is 1.35. The van der Waals surface area contributed by atoms with Gasteiger partial charge in [-0.2, -0.15) is 0 Å². The van der Waals surface area contributed by atoms with Crippen LogP contribution < -0.4 is 5.73 Å². The SMILES string of the molecule is NCc1ccc(C(O)CN2CCC(N3CCCC3)C2)cc1. The van der Waals surface area contributed by atoms with Gasteiger partial charge in [-0.1, -0.05) is 24.3 Å². The van der Waals surface area contributed by atoms with Gasteiger partial charge in [0.15, 0.2) is 0 Å². The molecule has 0 aromatic heterocycles. The average Bonchev–Trinajstić information content (AvgIpc) is 3.18. The fourth-order valence-corrected chi connectivity index (χ4v) is 3.61. The molecule has 2 unspecified atom stereocenters. The Hall–Kier alpha value is -0.940. The van der Waals surface area contributed by atoms with E-state index in [-0.39, 0.29) is 0 Å². The number of benzene rings is 1. The quantitative estimate of drug-likeness (QED) is 0.859. The van der Waals surface area contributed by atoms with E-state index in [2.05, 4.69) is 9.80 Å². The number of likely N-dealkylation sites (tertiary alicyclic amines) is 2. The first-order valence-electron chi connectivity index (χ1n) is 8.19. The number of hydrogen-bond acceptors (Lipinski definition) is 4. The molecule has 2 saturated heterocycles. The van der Waals surface area contributed by atoms with Gasteiger partial charge in [0.1, 0.15) is 0 Å². The number of rotatable bonds is 5. The number of nitrogens with zero attached hydrogens (tertiary/aromatic N) is 2. The second kappa shape index (κ2) is 6.88. The molecule has 1 aromatic carbocycles. The molecular weight excluding hydrogens is 262 g/mol. The van der Waals surface area contributed by atoms with Crippen LogP contribution in [0.1, 0.15) is 36.5 Å². The van der Waals surface area contributed by atoms with Crippen molar-refractivity contribution in [1.29, 1.82) is 0 Å². The van der Waals surface area contributed by atoms with Crippen LogP contribution in [0.3, 0.4) is 0 Å². The highest BCUT2D eigenvalue weighted by Gasteiger charge is 2.30. The van der Waals surface area contributed by atoms with Crippen molar-refractivity contribution in [1.82, 2.24) is 9.80 Å². The summed E-state index contributed by atoms with van der Waals surface area (Å²) < 4.78 is 0. The van der Waals surface area contributed by atoms with E-state index in [9.17, 15) is 5.11 Å². The van der Waals surface area contributed by atoms with Gasteiger partial charge in [-0.05, 0) is 50.0 Å².